The summed E-state index contributed by atoms with van der Waals surface area (Å²) in [5.41, 5.74) is 1.74. The minimum atomic E-state index is 0.0752. The molecule has 17 heavy (non-hydrogen) atoms. The summed E-state index contributed by atoms with van der Waals surface area (Å²) in [5.74, 6) is 0.0752. The summed E-state index contributed by atoms with van der Waals surface area (Å²) in [6.45, 7) is 3.14. The first-order valence-electron chi connectivity index (χ1n) is 5.76. The number of ether oxygens (including phenoxy) is 2. The fourth-order valence-corrected chi connectivity index (χ4v) is 1.91. The van der Waals surface area contributed by atoms with E-state index in [1.54, 1.807) is 7.11 Å². The van der Waals surface area contributed by atoms with E-state index in [9.17, 15) is 4.79 Å². The number of amides is 1. The lowest BCUT2D eigenvalue weighted by atomic mass is 10.1. The zero-order chi connectivity index (χ0) is 12.1. The fraction of sp³-hybridized carbons (Fsp3) is 0.462. The van der Waals surface area contributed by atoms with Crippen LogP contribution in [0.25, 0.3) is 0 Å². The van der Waals surface area contributed by atoms with Crippen molar-refractivity contribution < 1.29 is 14.3 Å². The van der Waals surface area contributed by atoms with Gasteiger partial charge in [0, 0.05) is 25.8 Å². The number of methoxy groups -OCH3 is 1. The summed E-state index contributed by atoms with van der Waals surface area (Å²) in [4.78, 5) is 14.0. The van der Waals surface area contributed by atoms with Crippen molar-refractivity contribution >= 4 is 5.91 Å². The molecule has 1 amide bonds. The Morgan fingerprint density at radius 2 is 2.18 bits per heavy atom. The summed E-state index contributed by atoms with van der Waals surface area (Å²) in [7, 11) is 1.65. The summed E-state index contributed by atoms with van der Waals surface area (Å²) in [6.07, 6.45) is 0. The molecule has 0 aromatic heterocycles. The molecule has 2 rings (SSSR count). The molecule has 1 heterocycles. The van der Waals surface area contributed by atoms with Crippen molar-refractivity contribution in [2.75, 3.05) is 33.4 Å². The highest BCUT2D eigenvalue weighted by Gasteiger charge is 2.18. The van der Waals surface area contributed by atoms with Gasteiger partial charge in [-0.3, -0.25) is 4.79 Å². The van der Waals surface area contributed by atoms with E-state index in [4.69, 9.17) is 9.47 Å². The quantitative estimate of drug-likeness (QED) is 0.792. The van der Waals surface area contributed by atoms with Crippen molar-refractivity contribution in [1.29, 1.82) is 0 Å². The Balaban J connectivity index is 2.09. The molecule has 1 saturated heterocycles. The average molecular weight is 235 g/mol. The van der Waals surface area contributed by atoms with Gasteiger partial charge in [-0.05, 0) is 17.7 Å². The van der Waals surface area contributed by atoms with Gasteiger partial charge in [0.05, 0.1) is 19.8 Å². The predicted molar refractivity (Wildman–Crippen MR) is 63.9 cm³/mol. The van der Waals surface area contributed by atoms with E-state index in [2.05, 4.69) is 0 Å². The Bertz CT molecular complexity index is 386. The standard InChI is InChI=1S/C13H17NO3/c1-16-10-11-3-2-4-12(9-11)13(15)14-5-7-17-8-6-14/h2-4,9H,5-8,10H2,1H3. The van der Waals surface area contributed by atoms with Crippen molar-refractivity contribution in [3.05, 3.63) is 35.4 Å². The SMILES string of the molecule is COCc1cccc(C(=O)N2CCOCC2)c1. The Hall–Kier alpha value is -1.39. The van der Waals surface area contributed by atoms with Gasteiger partial charge in [-0.25, -0.2) is 0 Å². The molecule has 0 aliphatic carbocycles. The summed E-state index contributed by atoms with van der Waals surface area (Å²) in [5, 5.41) is 0. The van der Waals surface area contributed by atoms with E-state index in [0.717, 1.165) is 11.1 Å². The third kappa shape index (κ3) is 3.05. The van der Waals surface area contributed by atoms with E-state index in [0.29, 0.717) is 32.9 Å². The number of benzene rings is 1. The molecule has 0 radical (unpaired) electrons. The number of hydrogen-bond acceptors (Lipinski definition) is 3. The van der Waals surface area contributed by atoms with Crippen LogP contribution in [-0.4, -0.2) is 44.2 Å². The lowest BCUT2D eigenvalue weighted by molar-refractivity contribution is 0.0302. The highest BCUT2D eigenvalue weighted by atomic mass is 16.5. The van der Waals surface area contributed by atoms with Gasteiger partial charge < -0.3 is 14.4 Å². The highest BCUT2D eigenvalue weighted by Crippen LogP contribution is 2.10. The lowest BCUT2D eigenvalue weighted by Crippen LogP contribution is -2.40. The van der Waals surface area contributed by atoms with Crippen LogP contribution in [0.5, 0.6) is 0 Å². The molecule has 4 heteroatoms. The van der Waals surface area contributed by atoms with Gasteiger partial charge in [0.1, 0.15) is 0 Å². The Kier molecular flexibility index (Phi) is 4.12. The van der Waals surface area contributed by atoms with E-state index >= 15 is 0 Å². The third-order valence-corrected chi connectivity index (χ3v) is 2.78. The highest BCUT2D eigenvalue weighted by molar-refractivity contribution is 5.94. The molecule has 0 spiro atoms. The third-order valence-electron chi connectivity index (χ3n) is 2.78. The Morgan fingerprint density at radius 1 is 1.41 bits per heavy atom. The first-order chi connectivity index (χ1) is 8.31. The monoisotopic (exact) mass is 235 g/mol. The molecule has 0 bridgehead atoms. The minimum absolute atomic E-state index is 0.0752. The molecule has 1 fully saturated rings. The van der Waals surface area contributed by atoms with Crippen LogP contribution in [-0.2, 0) is 16.1 Å². The van der Waals surface area contributed by atoms with Crippen LogP contribution in [0.2, 0.25) is 0 Å². The van der Waals surface area contributed by atoms with Gasteiger partial charge in [0.15, 0.2) is 0 Å². The second-order valence-corrected chi connectivity index (χ2v) is 4.04. The largest absolute Gasteiger partial charge is 0.380 e. The van der Waals surface area contributed by atoms with Gasteiger partial charge >= 0.3 is 0 Å². The van der Waals surface area contributed by atoms with Crippen LogP contribution >= 0.6 is 0 Å². The number of hydrogen-bond donors (Lipinski definition) is 0. The van der Waals surface area contributed by atoms with Crippen molar-refractivity contribution in [1.82, 2.24) is 4.90 Å². The molecule has 4 nitrogen and oxygen atoms in total. The van der Waals surface area contributed by atoms with Gasteiger partial charge in [-0.2, -0.15) is 0 Å². The first-order valence-corrected chi connectivity index (χ1v) is 5.76. The van der Waals surface area contributed by atoms with Crippen LogP contribution < -0.4 is 0 Å². The number of morpholine rings is 1. The predicted octanol–water partition coefficient (Wildman–Crippen LogP) is 1.31. The van der Waals surface area contributed by atoms with Crippen LogP contribution in [0.4, 0.5) is 0 Å². The van der Waals surface area contributed by atoms with E-state index in [-0.39, 0.29) is 5.91 Å². The zero-order valence-electron chi connectivity index (χ0n) is 10.0. The zero-order valence-corrected chi connectivity index (χ0v) is 10.0. The van der Waals surface area contributed by atoms with Gasteiger partial charge in [-0.1, -0.05) is 12.1 Å². The second-order valence-electron chi connectivity index (χ2n) is 4.04. The van der Waals surface area contributed by atoms with Crippen molar-refractivity contribution in [2.45, 2.75) is 6.61 Å². The van der Waals surface area contributed by atoms with Crippen molar-refractivity contribution in [3.8, 4) is 0 Å². The number of rotatable bonds is 3. The fourth-order valence-electron chi connectivity index (χ4n) is 1.91. The van der Waals surface area contributed by atoms with Crippen LogP contribution in [0.3, 0.4) is 0 Å². The second kappa shape index (κ2) is 5.80. The number of nitrogens with zero attached hydrogens (tertiary/aromatic N) is 1. The maximum Gasteiger partial charge on any atom is 0.254 e. The van der Waals surface area contributed by atoms with E-state index < -0.39 is 0 Å². The summed E-state index contributed by atoms with van der Waals surface area (Å²) >= 11 is 0. The van der Waals surface area contributed by atoms with Crippen molar-refractivity contribution in [2.24, 2.45) is 0 Å². The molecule has 0 atom stereocenters. The van der Waals surface area contributed by atoms with Crippen LogP contribution in [0, 0.1) is 0 Å². The maximum absolute atomic E-state index is 12.2. The number of carbonyl (C=O) groups excluding carboxylic acids is 1. The van der Waals surface area contributed by atoms with E-state index in [1.165, 1.54) is 0 Å². The molecule has 1 aromatic rings. The molecule has 0 unspecified atom stereocenters. The molecule has 1 aliphatic rings. The summed E-state index contributed by atoms with van der Waals surface area (Å²) in [6, 6.07) is 7.58. The number of carbonyl (C=O) groups is 1. The van der Waals surface area contributed by atoms with Gasteiger partial charge in [0.25, 0.3) is 5.91 Å². The van der Waals surface area contributed by atoms with Crippen molar-refractivity contribution in [3.63, 3.8) is 0 Å². The average Bonchev–Trinajstić information content (AvgIpc) is 2.40. The summed E-state index contributed by atoms with van der Waals surface area (Å²) < 4.78 is 10.3. The molecular weight excluding hydrogens is 218 g/mol. The molecule has 1 aliphatic heterocycles. The normalized spacial score (nSPS) is 15.9. The smallest absolute Gasteiger partial charge is 0.254 e. The topological polar surface area (TPSA) is 38.8 Å². The minimum Gasteiger partial charge on any atom is -0.380 e. The van der Waals surface area contributed by atoms with Gasteiger partial charge in [0.2, 0.25) is 0 Å². The molecule has 0 N–H and O–H groups in total. The Morgan fingerprint density at radius 3 is 2.88 bits per heavy atom. The molecule has 1 aromatic carbocycles. The van der Waals surface area contributed by atoms with Crippen LogP contribution in [0.1, 0.15) is 15.9 Å². The van der Waals surface area contributed by atoms with E-state index in [1.807, 2.05) is 29.2 Å². The van der Waals surface area contributed by atoms with Crippen LogP contribution in [0.15, 0.2) is 24.3 Å². The molecule has 92 valence electrons. The van der Waals surface area contributed by atoms with Gasteiger partial charge in [-0.15, -0.1) is 0 Å². The maximum atomic E-state index is 12.2. The Labute approximate surface area is 101 Å². The first kappa shape index (κ1) is 12.1. The molecule has 0 saturated carbocycles. The lowest BCUT2D eigenvalue weighted by Gasteiger charge is -2.27. The molecular formula is C13H17NO3.